The molecule has 8 aliphatic carbocycles. The minimum atomic E-state index is 0. The third-order valence-electron chi connectivity index (χ3n) is 26.9. The van der Waals surface area contributed by atoms with Gasteiger partial charge in [-0.3, -0.25) is 0 Å². The number of benzene rings is 8. The fourth-order valence-corrected chi connectivity index (χ4v) is 21.9. The number of aryl methyl sites for hydroxylation is 3. The third kappa shape index (κ3) is 25.3. The molecule has 8 saturated carbocycles. The topological polar surface area (TPSA) is 0 Å². The molecule has 0 amide bonds. The Bertz CT molecular complexity index is 3770. The number of fused-ring (bicyclic) bond motifs is 4. The quantitative estimate of drug-likeness (QED) is 0.133. The van der Waals surface area contributed by atoms with Crippen LogP contribution < -0.4 is 0 Å². The Morgan fingerprint density at radius 3 is 1.07 bits per heavy atom. The maximum Gasteiger partial charge on any atom is 0 e. The molecule has 586 valence electrons. The van der Waals surface area contributed by atoms with E-state index in [1.165, 1.54) is 223 Å². The predicted molar refractivity (Wildman–Crippen MR) is 458 cm³/mol. The molecule has 110 heavy (non-hydrogen) atoms. The largest absolute Gasteiger partial charge is 0.226 e. The van der Waals surface area contributed by atoms with Crippen LogP contribution in [0.25, 0.3) is 44.5 Å². The van der Waals surface area contributed by atoms with Crippen molar-refractivity contribution in [2.45, 2.75) is 295 Å². The molecule has 0 N–H and O–H groups in total. The Morgan fingerprint density at radius 1 is 0.291 bits per heavy atom. The molecule has 8 fully saturated rings. The van der Waals surface area contributed by atoms with Crippen molar-refractivity contribution in [3.05, 3.63) is 237 Å². The normalized spacial score (nSPS) is 25.7. The Kier molecular flexibility index (Phi) is 53.7. The van der Waals surface area contributed by atoms with Gasteiger partial charge in [-0.2, -0.15) is 157 Å². The summed E-state index contributed by atoms with van der Waals surface area (Å²) in [5.74, 6) is 13.5. The van der Waals surface area contributed by atoms with Gasteiger partial charge in [-0.15, -0.1) is 79.9 Å². The summed E-state index contributed by atoms with van der Waals surface area (Å²) in [7, 11) is 0. The summed E-state index contributed by atoms with van der Waals surface area (Å²) in [6.45, 7) is 28.2. The Morgan fingerprint density at radius 2 is 0.645 bits per heavy atom. The minimum absolute atomic E-state index is 0. The molecule has 16 atom stereocenters. The Labute approximate surface area is 831 Å². The van der Waals surface area contributed by atoms with Crippen LogP contribution >= 0.6 is 0 Å². The molecule has 0 spiro atoms. The van der Waals surface area contributed by atoms with Crippen molar-refractivity contribution in [3.63, 3.8) is 0 Å². The van der Waals surface area contributed by atoms with Gasteiger partial charge >= 0.3 is 0 Å². The van der Waals surface area contributed by atoms with E-state index in [9.17, 15) is 0 Å². The molecule has 0 heterocycles. The molecule has 0 bridgehead atoms. The first-order valence-electron chi connectivity index (χ1n) is 38.6. The van der Waals surface area contributed by atoms with E-state index in [1.54, 1.807) is 16.7 Å². The van der Waals surface area contributed by atoms with Crippen LogP contribution in [0.4, 0.5) is 0 Å². The molecule has 8 aromatic carbocycles. The molecular formula is C104H144Y6-8. The molecule has 16 rings (SSSR count). The summed E-state index contributed by atoms with van der Waals surface area (Å²) >= 11 is 0. The summed E-state index contributed by atoms with van der Waals surface area (Å²) in [4.78, 5) is 0. The summed E-state index contributed by atoms with van der Waals surface area (Å²) < 4.78 is 0. The smallest absolute Gasteiger partial charge is 0 e. The van der Waals surface area contributed by atoms with Crippen LogP contribution in [0.2, 0.25) is 0 Å². The molecule has 8 aromatic rings. The Hall–Kier alpha value is 0.383. The number of rotatable bonds is 8. The van der Waals surface area contributed by atoms with E-state index in [2.05, 4.69) is 210 Å². The van der Waals surface area contributed by atoms with Gasteiger partial charge in [-0.1, -0.05) is 238 Å². The van der Waals surface area contributed by atoms with Crippen LogP contribution in [-0.2, 0) is 196 Å². The standard InChI is InChI=1S/4C24H28.8CH4.6Y/c2*1-16-13-21(19-9-5-4-6-10-19)15-23(18(16)3)24-17(2)14-20-11-7-8-12-22(20)24;1-16-15-20-11-7-8-12-23(20)24(16)22-14-13-21(17(2)18(22)3)19-9-5-4-6-10-19;1-16-13-14-22(19-9-5-4-6-10-19)24(18(16)3)23-17(2)15-20-11-7-8-12-21(20)23;;;;;;;;;;;;;;/h4-6,9,15,17,20,22,24H,7-8,11-12,14H2,1-3H3;4-6,9,13,17,20,22,24H,7-8,11-12,14H2,1-3H3;4-6,9,14,16,20,23-24H,7-8,11-12,15H2,1-3H3;4-6,9,13,17,20-21,23H,7-8,11-12,15H2,1-3H3;8*1H4;;;;;;/q4*-2;;;;;;;;;;;;;;/t2*17-,20+,22+,24-;16-,20+,23+,24+;17-,20+,21+,23-;;;;;;;;;;;;;;/m0000............../s1. The first-order chi connectivity index (χ1) is 46.6. The van der Waals surface area contributed by atoms with E-state index in [0.29, 0.717) is 11.8 Å². The summed E-state index contributed by atoms with van der Waals surface area (Å²) in [6.07, 6.45) is 28.7. The van der Waals surface area contributed by atoms with Crippen molar-refractivity contribution in [1.29, 1.82) is 0 Å². The van der Waals surface area contributed by atoms with E-state index in [1.807, 2.05) is 42.5 Å². The van der Waals surface area contributed by atoms with Crippen LogP contribution in [0, 0.1) is 175 Å². The average Bonchev–Trinajstić information content (AvgIpc) is 1.65. The monoisotopic (exact) mass is 1930 g/mol. The van der Waals surface area contributed by atoms with Crippen LogP contribution in [0.3, 0.4) is 0 Å². The molecule has 0 aliphatic heterocycles. The third-order valence-corrected chi connectivity index (χ3v) is 26.9. The van der Waals surface area contributed by atoms with Gasteiger partial charge in [0.15, 0.2) is 0 Å². The zero-order valence-electron chi connectivity index (χ0n) is 64.4. The van der Waals surface area contributed by atoms with E-state index in [4.69, 9.17) is 0 Å². The van der Waals surface area contributed by atoms with E-state index in [0.717, 1.165) is 82.9 Å². The molecule has 0 nitrogen and oxygen atoms in total. The van der Waals surface area contributed by atoms with E-state index < -0.39 is 0 Å². The Balaban J connectivity index is 0. The van der Waals surface area contributed by atoms with Crippen LogP contribution in [-0.4, -0.2) is 0 Å². The van der Waals surface area contributed by atoms with Crippen molar-refractivity contribution >= 4 is 0 Å². The minimum Gasteiger partial charge on any atom is -0.226 e. The van der Waals surface area contributed by atoms with Crippen molar-refractivity contribution in [2.24, 2.45) is 71.0 Å². The molecule has 6 heteroatoms. The van der Waals surface area contributed by atoms with Gasteiger partial charge in [-0.25, -0.2) is 44.5 Å². The van der Waals surface area contributed by atoms with Gasteiger partial charge in [0.05, 0.1) is 0 Å². The second kappa shape index (κ2) is 52.5. The van der Waals surface area contributed by atoms with Gasteiger partial charge in [0.2, 0.25) is 0 Å². The van der Waals surface area contributed by atoms with Gasteiger partial charge in [0.25, 0.3) is 0 Å². The van der Waals surface area contributed by atoms with Crippen molar-refractivity contribution in [1.82, 2.24) is 0 Å². The molecule has 8 aliphatic rings. The fraction of sp³-hybridized carbons (Fsp3) is 0.538. The molecule has 6 radical (unpaired) electrons. The summed E-state index contributed by atoms with van der Waals surface area (Å²) in [6, 6.07) is 70.8. The number of hydrogen-bond donors (Lipinski definition) is 0. The van der Waals surface area contributed by atoms with Gasteiger partial charge in [0, 0.05) is 196 Å². The molecule has 0 saturated heterocycles. The van der Waals surface area contributed by atoms with E-state index in [-0.39, 0.29) is 256 Å². The zero-order chi connectivity index (χ0) is 66.7. The van der Waals surface area contributed by atoms with Crippen LogP contribution in [0.1, 0.15) is 306 Å². The second-order valence-electron chi connectivity index (χ2n) is 32.4. The van der Waals surface area contributed by atoms with Crippen molar-refractivity contribution < 1.29 is 196 Å². The summed E-state index contributed by atoms with van der Waals surface area (Å²) in [5, 5.41) is 0. The second-order valence-corrected chi connectivity index (χ2v) is 32.4. The first kappa shape index (κ1) is 112. The summed E-state index contributed by atoms with van der Waals surface area (Å²) in [5.41, 5.74) is 27.4. The van der Waals surface area contributed by atoms with Gasteiger partial charge < -0.3 is 0 Å². The molecule has 0 unspecified atom stereocenters. The molecular weight excluding hydrogens is 1780 g/mol. The predicted octanol–water partition coefficient (Wildman–Crippen LogP) is 31.1. The van der Waals surface area contributed by atoms with E-state index >= 15 is 0 Å². The van der Waals surface area contributed by atoms with Crippen molar-refractivity contribution in [2.75, 3.05) is 0 Å². The van der Waals surface area contributed by atoms with Gasteiger partial charge in [0.1, 0.15) is 0 Å². The average molecular weight is 1930 g/mol. The van der Waals surface area contributed by atoms with Crippen LogP contribution in [0.5, 0.6) is 0 Å². The SMILES string of the molecule is C.C.C.C.C.C.C.C.Cc1[c-]c(-c2[c-]cccc2)cc([C@@H]2[C@@H]3CCCC[C@@H]3C[C@@H]2C)c1C.Cc1c(-c2[c-]cccc2)[c-]cc([C@@H]2[C@@H]3CCCC[C@@H]3C[C@@H]2C)c1C.Cc1c[c-]c(-c2[c-]cccc2)c([C@@H]2[C@@H]3CCCC[C@@H]3C[C@@H]2C)c1C.Cc1cc(-c2[c-]cccc2)[c-]c([C@@H]2[C@@H]3CCCC[C@@H]3C[C@@H]2C)c1C.[Y].[Y].[Y].[Y].[Y].[Y]. The number of hydrogen-bond acceptors (Lipinski definition) is 0. The first-order valence-corrected chi connectivity index (χ1v) is 38.6. The maximum atomic E-state index is 3.84. The fourth-order valence-electron chi connectivity index (χ4n) is 21.9. The molecule has 0 aromatic heterocycles. The van der Waals surface area contributed by atoms with Gasteiger partial charge in [-0.05, 0) is 127 Å². The van der Waals surface area contributed by atoms with Crippen LogP contribution in [0.15, 0.2) is 121 Å². The maximum absolute atomic E-state index is 3.84. The van der Waals surface area contributed by atoms with Crippen molar-refractivity contribution in [3.8, 4) is 44.5 Å². The zero-order valence-corrected chi connectivity index (χ0v) is 81.4.